The van der Waals surface area contributed by atoms with Crippen molar-refractivity contribution in [2.24, 2.45) is 11.8 Å². The van der Waals surface area contributed by atoms with E-state index in [-0.39, 0.29) is 5.69 Å². The molecular formula is C14H20N2O2. The van der Waals surface area contributed by atoms with E-state index in [1.54, 1.807) is 12.1 Å². The lowest BCUT2D eigenvalue weighted by atomic mass is 9.82. The van der Waals surface area contributed by atoms with E-state index in [4.69, 9.17) is 5.11 Å². The topological polar surface area (TPSA) is 62.2 Å². The molecule has 2 rings (SSSR count). The maximum Gasteiger partial charge on any atom is 0.356 e. The molecule has 0 amide bonds. The summed E-state index contributed by atoms with van der Waals surface area (Å²) in [5.41, 5.74) is 0.740. The van der Waals surface area contributed by atoms with Crippen LogP contribution in [0.4, 0.5) is 5.69 Å². The molecule has 1 aliphatic rings. The van der Waals surface area contributed by atoms with Crippen molar-refractivity contribution in [1.82, 2.24) is 4.98 Å². The average Bonchev–Trinajstić information content (AvgIpc) is 2.37. The van der Waals surface area contributed by atoms with Crippen molar-refractivity contribution in [2.75, 3.05) is 11.9 Å². The number of carbonyl (C=O) groups is 1. The lowest BCUT2D eigenvalue weighted by Gasteiger charge is -2.27. The summed E-state index contributed by atoms with van der Waals surface area (Å²) < 4.78 is 0. The van der Waals surface area contributed by atoms with Crippen LogP contribution in [0, 0.1) is 11.8 Å². The minimum absolute atomic E-state index is 0.112. The normalized spacial score (nSPS) is 23.6. The third-order valence-corrected chi connectivity index (χ3v) is 3.64. The molecule has 1 saturated carbocycles. The first-order valence-corrected chi connectivity index (χ1v) is 6.59. The molecule has 0 aliphatic heterocycles. The highest BCUT2D eigenvalue weighted by molar-refractivity contribution is 5.91. The van der Waals surface area contributed by atoms with Gasteiger partial charge in [-0.25, -0.2) is 9.78 Å². The van der Waals surface area contributed by atoms with Gasteiger partial charge in [-0.05, 0) is 36.8 Å². The van der Waals surface area contributed by atoms with Crippen molar-refractivity contribution in [1.29, 1.82) is 0 Å². The number of nitrogens with zero attached hydrogens (tertiary/aromatic N) is 1. The first-order chi connectivity index (χ1) is 8.66. The van der Waals surface area contributed by atoms with Crippen molar-refractivity contribution in [3.05, 3.63) is 24.0 Å². The number of carboxylic acid groups (broad SMARTS) is 1. The Morgan fingerprint density at radius 2 is 2.39 bits per heavy atom. The Morgan fingerprint density at radius 1 is 1.56 bits per heavy atom. The predicted octanol–water partition coefficient (Wildman–Crippen LogP) is 3.02. The minimum Gasteiger partial charge on any atom is -0.476 e. The van der Waals surface area contributed by atoms with Gasteiger partial charge in [0.1, 0.15) is 0 Å². The lowest BCUT2D eigenvalue weighted by Crippen LogP contribution is -2.22. The van der Waals surface area contributed by atoms with Crippen LogP contribution >= 0.6 is 0 Å². The molecule has 1 aliphatic carbocycles. The maximum atomic E-state index is 11.0. The Labute approximate surface area is 107 Å². The second-order valence-electron chi connectivity index (χ2n) is 5.22. The summed E-state index contributed by atoms with van der Waals surface area (Å²) >= 11 is 0. The number of pyridine rings is 1. The van der Waals surface area contributed by atoms with Gasteiger partial charge in [-0.3, -0.25) is 0 Å². The molecule has 2 unspecified atom stereocenters. The summed E-state index contributed by atoms with van der Waals surface area (Å²) in [5.74, 6) is 0.462. The Kier molecular flexibility index (Phi) is 4.18. The summed E-state index contributed by atoms with van der Waals surface area (Å²) in [6.45, 7) is 3.13. The highest BCUT2D eigenvalue weighted by Gasteiger charge is 2.19. The van der Waals surface area contributed by atoms with Crippen molar-refractivity contribution in [2.45, 2.75) is 32.6 Å². The largest absolute Gasteiger partial charge is 0.476 e. The highest BCUT2D eigenvalue weighted by Crippen LogP contribution is 2.28. The van der Waals surface area contributed by atoms with E-state index in [1.807, 2.05) is 0 Å². The third kappa shape index (κ3) is 3.22. The van der Waals surface area contributed by atoms with Gasteiger partial charge in [0.25, 0.3) is 0 Å². The second-order valence-corrected chi connectivity index (χ2v) is 5.22. The molecule has 0 bridgehead atoms. The van der Waals surface area contributed by atoms with E-state index in [0.29, 0.717) is 11.6 Å². The fraction of sp³-hybridized carbons (Fsp3) is 0.571. The van der Waals surface area contributed by atoms with E-state index < -0.39 is 5.97 Å². The predicted molar refractivity (Wildman–Crippen MR) is 70.8 cm³/mol. The number of hydrogen-bond donors (Lipinski definition) is 2. The van der Waals surface area contributed by atoms with Crippen LogP contribution in [0.3, 0.4) is 0 Å². The molecule has 1 aromatic rings. The zero-order valence-corrected chi connectivity index (χ0v) is 10.7. The van der Waals surface area contributed by atoms with Gasteiger partial charge in [0.2, 0.25) is 0 Å². The molecule has 98 valence electrons. The first kappa shape index (κ1) is 12.9. The molecular weight excluding hydrogens is 228 g/mol. The number of nitrogens with one attached hydrogen (secondary N) is 1. The van der Waals surface area contributed by atoms with Crippen LogP contribution in [0.5, 0.6) is 0 Å². The number of aromatic nitrogens is 1. The van der Waals surface area contributed by atoms with Gasteiger partial charge in [0.15, 0.2) is 5.69 Å². The van der Waals surface area contributed by atoms with Crippen LogP contribution in [0.2, 0.25) is 0 Å². The van der Waals surface area contributed by atoms with Gasteiger partial charge in [0, 0.05) is 12.7 Å². The van der Waals surface area contributed by atoms with E-state index in [9.17, 15) is 4.79 Å². The van der Waals surface area contributed by atoms with Crippen LogP contribution in [0.25, 0.3) is 0 Å². The van der Waals surface area contributed by atoms with Gasteiger partial charge < -0.3 is 10.4 Å². The van der Waals surface area contributed by atoms with Crippen molar-refractivity contribution >= 4 is 11.7 Å². The van der Waals surface area contributed by atoms with Crippen LogP contribution < -0.4 is 5.32 Å². The molecule has 18 heavy (non-hydrogen) atoms. The summed E-state index contributed by atoms with van der Waals surface area (Å²) in [6, 6.07) is 3.54. The number of hydrogen-bond acceptors (Lipinski definition) is 3. The summed E-state index contributed by atoms with van der Waals surface area (Å²) in [6.07, 6.45) is 6.59. The average molecular weight is 248 g/mol. The maximum absolute atomic E-state index is 11.0. The second kappa shape index (κ2) is 5.85. The standard InChI is InChI=1S/C14H20N2O2/c1-10-4-2-5-11(8-10)9-16-12-6-3-7-15-13(12)14(17)18/h3,6-7,10-11,16H,2,4-5,8-9H2,1H3,(H,17,18). The van der Waals surface area contributed by atoms with Crippen molar-refractivity contribution < 1.29 is 9.90 Å². The number of rotatable bonds is 4. The molecule has 1 fully saturated rings. The molecule has 1 heterocycles. The Morgan fingerprint density at radius 3 is 3.11 bits per heavy atom. The number of carboxylic acids is 1. The SMILES string of the molecule is CC1CCCC(CNc2cccnc2C(=O)O)C1. The molecule has 0 radical (unpaired) electrons. The fourth-order valence-electron chi connectivity index (χ4n) is 2.72. The van der Waals surface area contributed by atoms with E-state index in [0.717, 1.165) is 12.5 Å². The smallest absolute Gasteiger partial charge is 0.356 e. The van der Waals surface area contributed by atoms with E-state index >= 15 is 0 Å². The lowest BCUT2D eigenvalue weighted by molar-refractivity contribution is 0.0691. The zero-order chi connectivity index (χ0) is 13.0. The molecule has 0 saturated heterocycles. The molecule has 0 aromatic carbocycles. The molecule has 1 aromatic heterocycles. The van der Waals surface area contributed by atoms with E-state index in [2.05, 4.69) is 17.2 Å². The summed E-state index contributed by atoms with van der Waals surface area (Å²) in [5, 5.41) is 12.3. The van der Waals surface area contributed by atoms with Gasteiger partial charge >= 0.3 is 5.97 Å². The quantitative estimate of drug-likeness (QED) is 0.859. The van der Waals surface area contributed by atoms with Gasteiger partial charge in [0.05, 0.1) is 5.69 Å². The third-order valence-electron chi connectivity index (χ3n) is 3.64. The zero-order valence-electron chi connectivity index (χ0n) is 10.7. The summed E-state index contributed by atoms with van der Waals surface area (Å²) in [4.78, 5) is 14.9. The van der Waals surface area contributed by atoms with Crippen LogP contribution in [0.1, 0.15) is 43.1 Å². The van der Waals surface area contributed by atoms with Gasteiger partial charge in [-0.2, -0.15) is 0 Å². The number of aromatic carboxylic acids is 1. The monoisotopic (exact) mass is 248 g/mol. The molecule has 4 nitrogen and oxygen atoms in total. The van der Waals surface area contributed by atoms with Crippen molar-refractivity contribution in [3.63, 3.8) is 0 Å². The Balaban J connectivity index is 1.95. The van der Waals surface area contributed by atoms with Gasteiger partial charge in [-0.1, -0.05) is 19.8 Å². The Bertz CT molecular complexity index is 420. The van der Waals surface area contributed by atoms with Gasteiger partial charge in [-0.15, -0.1) is 0 Å². The Hall–Kier alpha value is -1.58. The van der Waals surface area contributed by atoms with Crippen LogP contribution in [-0.2, 0) is 0 Å². The van der Waals surface area contributed by atoms with Crippen LogP contribution in [-0.4, -0.2) is 22.6 Å². The molecule has 2 N–H and O–H groups in total. The molecule has 2 atom stereocenters. The van der Waals surface area contributed by atoms with Crippen LogP contribution in [0.15, 0.2) is 18.3 Å². The van der Waals surface area contributed by atoms with E-state index in [1.165, 1.54) is 31.9 Å². The number of anilines is 1. The fourth-order valence-corrected chi connectivity index (χ4v) is 2.72. The highest BCUT2D eigenvalue weighted by atomic mass is 16.4. The molecule has 4 heteroatoms. The summed E-state index contributed by atoms with van der Waals surface area (Å²) in [7, 11) is 0. The van der Waals surface area contributed by atoms with Crippen molar-refractivity contribution in [3.8, 4) is 0 Å². The molecule has 0 spiro atoms. The first-order valence-electron chi connectivity index (χ1n) is 6.59. The minimum atomic E-state index is -0.977.